The van der Waals surface area contributed by atoms with Crippen molar-refractivity contribution in [3.8, 4) is 0 Å². The van der Waals surface area contributed by atoms with Crippen molar-refractivity contribution in [1.82, 2.24) is 4.57 Å². The molecule has 2 aliphatic carbocycles. The Bertz CT molecular complexity index is 1430. The molecule has 0 bridgehead atoms. The third kappa shape index (κ3) is 11.7. The summed E-state index contributed by atoms with van der Waals surface area (Å²) in [7, 11) is 0. The van der Waals surface area contributed by atoms with Gasteiger partial charge in [-0.2, -0.15) is 0 Å². The van der Waals surface area contributed by atoms with E-state index in [0.29, 0.717) is 32.1 Å². The monoisotopic (exact) mass is 673 g/mol. The summed E-state index contributed by atoms with van der Waals surface area (Å²) in [6.45, 7) is 19.9. The third-order valence-electron chi connectivity index (χ3n) is 8.56. The highest BCUT2D eigenvalue weighted by molar-refractivity contribution is 5.74. The number of benzene rings is 2. The molecule has 0 saturated heterocycles. The quantitative estimate of drug-likeness (QED) is 0.233. The van der Waals surface area contributed by atoms with Crippen molar-refractivity contribution in [2.45, 2.75) is 145 Å². The molecule has 2 aliphatic rings. The number of hydrogen-bond donors (Lipinski definition) is 0. The number of nitrogens with zero attached hydrogens (tertiary/aromatic N) is 1. The maximum Gasteiger partial charge on any atom is 0.309 e. The Morgan fingerprint density at radius 3 is 1.88 bits per heavy atom. The standard InChI is InChI=1S/C36H43NO5.C3H8.2C2H6/c1-5-29-22-28-21-27(34(39)41-30-18-12-17-26(23-30)35(40)42-36(2,3)4)19-20-31(28)33(38)37(29)32(24-13-8-6-9-14-24)25-15-10-7-11-16-25;1-3-2;2*1-2/h6-11,13-16,22,26-27,30,32H,5,12,17-21,23H2,1-4H3;3H2,1-2H3;2*1-2H3. The highest BCUT2D eigenvalue weighted by atomic mass is 16.6. The zero-order valence-corrected chi connectivity index (χ0v) is 32.0. The highest BCUT2D eigenvalue weighted by Gasteiger charge is 2.35. The Labute approximate surface area is 296 Å². The predicted octanol–water partition coefficient (Wildman–Crippen LogP) is 10.1. The molecular formula is C43H63NO5. The van der Waals surface area contributed by atoms with Gasteiger partial charge in [0.25, 0.3) is 5.56 Å². The van der Waals surface area contributed by atoms with Crippen LogP contribution < -0.4 is 5.56 Å². The van der Waals surface area contributed by atoms with Crippen LogP contribution in [0.15, 0.2) is 71.5 Å². The maximum absolute atomic E-state index is 14.2. The second-order valence-corrected chi connectivity index (χ2v) is 13.5. The molecule has 0 radical (unpaired) electrons. The van der Waals surface area contributed by atoms with Crippen molar-refractivity contribution in [3.63, 3.8) is 0 Å². The summed E-state index contributed by atoms with van der Waals surface area (Å²) < 4.78 is 13.5. The number of aromatic nitrogens is 1. The van der Waals surface area contributed by atoms with Gasteiger partial charge in [0.15, 0.2) is 0 Å². The van der Waals surface area contributed by atoms with Crippen molar-refractivity contribution in [2.24, 2.45) is 11.8 Å². The van der Waals surface area contributed by atoms with Crippen molar-refractivity contribution in [1.29, 1.82) is 0 Å². The molecule has 3 unspecified atom stereocenters. The van der Waals surface area contributed by atoms with Gasteiger partial charge < -0.3 is 14.0 Å². The first kappa shape index (κ1) is 41.5. The minimum Gasteiger partial charge on any atom is -0.462 e. The molecular weight excluding hydrogens is 610 g/mol. The van der Waals surface area contributed by atoms with Crippen LogP contribution in [0.3, 0.4) is 0 Å². The molecule has 0 amide bonds. The molecule has 1 saturated carbocycles. The second kappa shape index (κ2) is 20.8. The van der Waals surface area contributed by atoms with Crippen molar-refractivity contribution in [2.75, 3.05) is 0 Å². The van der Waals surface area contributed by atoms with Crippen LogP contribution in [0.25, 0.3) is 0 Å². The average Bonchev–Trinajstić information content (AvgIpc) is 3.11. The number of aryl methyl sites for hydroxylation is 1. The van der Waals surface area contributed by atoms with E-state index in [1.165, 1.54) is 6.42 Å². The van der Waals surface area contributed by atoms with E-state index >= 15 is 0 Å². The van der Waals surface area contributed by atoms with Crippen LogP contribution in [0.4, 0.5) is 0 Å². The number of carbonyl (C=O) groups is 2. The maximum atomic E-state index is 14.2. The van der Waals surface area contributed by atoms with E-state index in [2.05, 4.69) is 51.1 Å². The minimum absolute atomic E-state index is 0.0290. The molecule has 5 rings (SSSR count). The first-order valence-corrected chi connectivity index (χ1v) is 18.9. The van der Waals surface area contributed by atoms with Crippen molar-refractivity contribution in [3.05, 3.63) is 105 Å². The van der Waals surface area contributed by atoms with Crippen molar-refractivity contribution >= 4 is 11.9 Å². The Kier molecular flexibility index (Phi) is 17.6. The fourth-order valence-electron chi connectivity index (χ4n) is 6.54. The van der Waals surface area contributed by atoms with Crippen LogP contribution in [0.1, 0.15) is 142 Å². The second-order valence-electron chi connectivity index (χ2n) is 13.5. The lowest BCUT2D eigenvalue weighted by molar-refractivity contribution is -0.167. The molecule has 1 heterocycles. The minimum atomic E-state index is -0.533. The summed E-state index contributed by atoms with van der Waals surface area (Å²) in [5.41, 5.74) is 4.34. The third-order valence-corrected chi connectivity index (χ3v) is 8.56. The van der Waals surface area contributed by atoms with Gasteiger partial charge >= 0.3 is 11.9 Å². The van der Waals surface area contributed by atoms with Gasteiger partial charge in [-0.05, 0) is 94.9 Å². The summed E-state index contributed by atoms with van der Waals surface area (Å²) in [5, 5.41) is 0. The van der Waals surface area contributed by atoms with E-state index in [0.717, 1.165) is 47.2 Å². The van der Waals surface area contributed by atoms with Crippen molar-refractivity contribution < 1.29 is 19.1 Å². The van der Waals surface area contributed by atoms with Crippen LogP contribution in [-0.4, -0.2) is 28.2 Å². The van der Waals surface area contributed by atoms with Gasteiger partial charge in [-0.1, -0.05) is 116 Å². The molecule has 6 heteroatoms. The Balaban J connectivity index is 0.00000111. The normalized spacial score (nSPS) is 18.2. The molecule has 2 aromatic carbocycles. The Morgan fingerprint density at radius 1 is 0.816 bits per heavy atom. The van der Waals surface area contributed by atoms with E-state index in [-0.39, 0.29) is 41.5 Å². The molecule has 0 N–H and O–H groups in total. The predicted molar refractivity (Wildman–Crippen MR) is 202 cm³/mol. The van der Waals surface area contributed by atoms with E-state index in [9.17, 15) is 14.4 Å². The number of rotatable bonds is 7. The van der Waals surface area contributed by atoms with Gasteiger partial charge in [0.05, 0.1) is 17.9 Å². The summed E-state index contributed by atoms with van der Waals surface area (Å²) in [6, 6.07) is 22.2. The van der Waals surface area contributed by atoms with Gasteiger partial charge in [-0.3, -0.25) is 14.4 Å². The fourth-order valence-corrected chi connectivity index (χ4v) is 6.54. The number of pyridine rings is 1. The van der Waals surface area contributed by atoms with Crippen LogP contribution in [0.5, 0.6) is 0 Å². The number of ether oxygens (including phenoxy) is 2. The topological polar surface area (TPSA) is 74.6 Å². The van der Waals surface area contributed by atoms with E-state index < -0.39 is 5.60 Å². The highest BCUT2D eigenvalue weighted by Crippen LogP contribution is 2.33. The summed E-state index contributed by atoms with van der Waals surface area (Å²) in [6.07, 6.45) is 6.16. The van der Waals surface area contributed by atoms with E-state index in [1.54, 1.807) is 0 Å². The fraction of sp³-hybridized carbons (Fsp3) is 0.558. The van der Waals surface area contributed by atoms with Gasteiger partial charge in [-0.15, -0.1) is 0 Å². The van der Waals surface area contributed by atoms with Crippen LogP contribution >= 0.6 is 0 Å². The number of carbonyl (C=O) groups excluding carboxylic acids is 2. The summed E-state index contributed by atoms with van der Waals surface area (Å²) in [4.78, 5) is 40.2. The lowest BCUT2D eigenvalue weighted by Crippen LogP contribution is -2.38. The summed E-state index contributed by atoms with van der Waals surface area (Å²) >= 11 is 0. The van der Waals surface area contributed by atoms with Gasteiger partial charge in [-0.25, -0.2) is 0 Å². The molecule has 0 aliphatic heterocycles. The zero-order chi connectivity index (χ0) is 36.6. The van der Waals surface area contributed by atoms with Crippen LogP contribution in [0, 0.1) is 11.8 Å². The molecule has 1 aromatic heterocycles. The van der Waals surface area contributed by atoms with Crippen LogP contribution in [0.2, 0.25) is 0 Å². The zero-order valence-electron chi connectivity index (χ0n) is 32.0. The molecule has 270 valence electrons. The molecule has 3 atom stereocenters. The average molecular weight is 674 g/mol. The smallest absolute Gasteiger partial charge is 0.309 e. The van der Waals surface area contributed by atoms with E-state index in [4.69, 9.17) is 9.47 Å². The lowest BCUT2D eigenvalue weighted by Gasteiger charge is -2.32. The Hall–Kier alpha value is -3.67. The molecule has 3 aromatic rings. The summed E-state index contributed by atoms with van der Waals surface area (Å²) in [5.74, 6) is -0.958. The SMILES string of the molecule is CC.CC.CCC.CCc1cc2c(c(=O)n1C(c1ccccc1)c1ccccc1)CCC(C(=O)OC1CCCC(C(=O)OC(C)(C)C)C1)C2. The Morgan fingerprint density at radius 2 is 1.37 bits per heavy atom. The molecule has 0 spiro atoms. The lowest BCUT2D eigenvalue weighted by atomic mass is 9.83. The number of hydrogen-bond acceptors (Lipinski definition) is 5. The first-order chi connectivity index (χ1) is 23.6. The van der Waals surface area contributed by atoms with Gasteiger partial charge in [0, 0.05) is 11.3 Å². The molecule has 1 fully saturated rings. The molecule has 6 nitrogen and oxygen atoms in total. The van der Waals surface area contributed by atoms with Gasteiger partial charge in [0.2, 0.25) is 0 Å². The number of esters is 2. The molecule has 49 heavy (non-hydrogen) atoms. The largest absolute Gasteiger partial charge is 0.462 e. The van der Waals surface area contributed by atoms with Crippen LogP contribution in [-0.2, 0) is 38.3 Å². The number of fused-ring (bicyclic) bond motifs is 1. The first-order valence-electron chi connectivity index (χ1n) is 18.9. The van der Waals surface area contributed by atoms with Gasteiger partial charge in [0.1, 0.15) is 11.7 Å². The van der Waals surface area contributed by atoms with E-state index in [1.807, 2.05) is 89.4 Å².